The van der Waals surface area contributed by atoms with Gasteiger partial charge < -0.3 is 0 Å². The van der Waals surface area contributed by atoms with E-state index in [1.165, 1.54) is 6.07 Å². The van der Waals surface area contributed by atoms with Crippen molar-refractivity contribution in [1.82, 2.24) is 0 Å². The number of aldehydes is 1. The Morgan fingerprint density at radius 1 is 1.42 bits per heavy atom. The average Bonchev–Trinajstić information content (AvgIpc) is 2.09. The lowest BCUT2D eigenvalue weighted by Crippen LogP contribution is -1.98. The van der Waals surface area contributed by atoms with Crippen LogP contribution in [0.2, 0.25) is 0 Å². The molecule has 1 nitrogen and oxygen atoms in total. The third kappa shape index (κ3) is 1.35. The highest BCUT2D eigenvalue weighted by Gasteiger charge is 2.10. The lowest BCUT2D eigenvalue weighted by molar-refractivity contribution is 0.112. The Labute approximate surface area is 69.0 Å². The van der Waals surface area contributed by atoms with E-state index in [0.29, 0.717) is 12.7 Å². The van der Waals surface area contributed by atoms with Crippen molar-refractivity contribution in [1.29, 1.82) is 0 Å². The zero-order chi connectivity index (χ0) is 9.14. The molecule has 0 N–H and O–H groups in total. The highest BCUT2D eigenvalue weighted by Crippen LogP contribution is 2.15. The van der Waals surface area contributed by atoms with E-state index in [9.17, 15) is 13.6 Å². The molecule has 0 bridgehead atoms. The molecule has 0 saturated carbocycles. The predicted molar refractivity (Wildman–Crippen MR) is 41.1 cm³/mol. The van der Waals surface area contributed by atoms with E-state index in [0.717, 1.165) is 6.07 Å². The normalized spacial score (nSPS) is 9.92. The fraction of sp³-hybridized carbons (Fsp3) is 0.222. The van der Waals surface area contributed by atoms with Crippen molar-refractivity contribution >= 4 is 6.29 Å². The molecule has 1 aromatic carbocycles. The van der Waals surface area contributed by atoms with Gasteiger partial charge in [0.05, 0.1) is 0 Å². The van der Waals surface area contributed by atoms with Gasteiger partial charge in [-0.25, -0.2) is 8.78 Å². The number of halogens is 2. The van der Waals surface area contributed by atoms with E-state index in [4.69, 9.17) is 0 Å². The second-order valence-corrected chi connectivity index (χ2v) is 2.40. The molecule has 0 aliphatic heterocycles. The van der Waals surface area contributed by atoms with E-state index in [2.05, 4.69) is 0 Å². The van der Waals surface area contributed by atoms with E-state index < -0.39 is 11.6 Å². The minimum atomic E-state index is -0.915. The third-order valence-corrected chi connectivity index (χ3v) is 1.71. The molecule has 1 aromatic rings. The van der Waals surface area contributed by atoms with Crippen LogP contribution in [-0.4, -0.2) is 6.29 Å². The van der Waals surface area contributed by atoms with Crippen molar-refractivity contribution < 1.29 is 13.6 Å². The van der Waals surface area contributed by atoms with Crippen molar-refractivity contribution in [3.8, 4) is 0 Å². The fourth-order valence-corrected chi connectivity index (χ4v) is 1.08. The lowest BCUT2D eigenvalue weighted by atomic mass is 10.1. The first-order valence-corrected chi connectivity index (χ1v) is 3.62. The van der Waals surface area contributed by atoms with Crippen molar-refractivity contribution in [3.63, 3.8) is 0 Å². The molecular formula is C9H8F2O. The van der Waals surface area contributed by atoms with Crippen LogP contribution in [0.5, 0.6) is 0 Å². The van der Waals surface area contributed by atoms with Gasteiger partial charge in [0, 0.05) is 11.1 Å². The SMILES string of the molecule is CCc1c(C=O)ccc(F)c1F. The summed E-state index contributed by atoms with van der Waals surface area (Å²) in [6.07, 6.45) is 0.846. The van der Waals surface area contributed by atoms with Crippen molar-refractivity contribution in [2.24, 2.45) is 0 Å². The Hall–Kier alpha value is -1.25. The molecule has 0 heterocycles. The number of benzene rings is 1. The Bertz CT molecular complexity index is 308. The number of hydrogen-bond donors (Lipinski definition) is 0. The first-order chi connectivity index (χ1) is 5.70. The number of carbonyl (C=O) groups excluding carboxylic acids is 1. The summed E-state index contributed by atoms with van der Waals surface area (Å²) >= 11 is 0. The first kappa shape index (κ1) is 8.84. The summed E-state index contributed by atoms with van der Waals surface area (Å²) < 4.78 is 25.5. The van der Waals surface area contributed by atoms with E-state index in [-0.39, 0.29) is 11.1 Å². The largest absolute Gasteiger partial charge is 0.298 e. The van der Waals surface area contributed by atoms with E-state index >= 15 is 0 Å². The summed E-state index contributed by atoms with van der Waals surface area (Å²) in [6.45, 7) is 1.67. The first-order valence-electron chi connectivity index (χ1n) is 3.62. The minimum Gasteiger partial charge on any atom is -0.298 e. The van der Waals surface area contributed by atoms with Gasteiger partial charge >= 0.3 is 0 Å². The highest BCUT2D eigenvalue weighted by molar-refractivity contribution is 5.77. The van der Waals surface area contributed by atoms with Crippen molar-refractivity contribution in [3.05, 3.63) is 34.9 Å². The van der Waals surface area contributed by atoms with Crippen LogP contribution in [0.1, 0.15) is 22.8 Å². The Kier molecular flexibility index (Phi) is 2.53. The van der Waals surface area contributed by atoms with E-state index in [1.54, 1.807) is 6.92 Å². The summed E-state index contributed by atoms with van der Waals surface area (Å²) in [6, 6.07) is 2.24. The third-order valence-electron chi connectivity index (χ3n) is 1.71. The summed E-state index contributed by atoms with van der Waals surface area (Å²) in [5, 5.41) is 0. The average molecular weight is 170 g/mol. The lowest BCUT2D eigenvalue weighted by Gasteiger charge is -2.02. The smallest absolute Gasteiger partial charge is 0.162 e. The molecule has 0 aliphatic carbocycles. The Morgan fingerprint density at radius 3 is 2.58 bits per heavy atom. The number of hydrogen-bond acceptors (Lipinski definition) is 1. The molecule has 0 aromatic heterocycles. The maximum absolute atomic E-state index is 12.9. The summed E-state index contributed by atoms with van der Waals surface area (Å²) in [5.74, 6) is -1.82. The molecule has 0 spiro atoms. The summed E-state index contributed by atoms with van der Waals surface area (Å²) in [4.78, 5) is 10.4. The molecule has 1 rings (SSSR count). The van der Waals surface area contributed by atoms with Crippen LogP contribution in [0, 0.1) is 11.6 Å². The van der Waals surface area contributed by atoms with Crippen molar-refractivity contribution in [2.45, 2.75) is 13.3 Å². The van der Waals surface area contributed by atoms with Crippen LogP contribution >= 0.6 is 0 Å². The Balaban J connectivity index is 3.35. The van der Waals surface area contributed by atoms with Gasteiger partial charge in [-0.1, -0.05) is 6.92 Å². The van der Waals surface area contributed by atoms with Crippen LogP contribution in [0.25, 0.3) is 0 Å². The second-order valence-electron chi connectivity index (χ2n) is 2.40. The molecule has 12 heavy (non-hydrogen) atoms. The van der Waals surface area contributed by atoms with Gasteiger partial charge in [-0.15, -0.1) is 0 Å². The molecular weight excluding hydrogens is 162 g/mol. The molecule has 0 unspecified atom stereocenters. The summed E-state index contributed by atoms with van der Waals surface area (Å²) in [5.41, 5.74) is 0.362. The van der Waals surface area contributed by atoms with Crippen molar-refractivity contribution in [2.75, 3.05) is 0 Å². The summed E-state index contributed by atoms with van der Waals surface area (Å²) in [7, 11) is 0. The molecule has 0 fully saturated rings. The van der Waals surface area contributed by atoms with Gasteiger partial charge in [0.2, 0.25) is 0 Å². The standard InChI is InChI=1S/C9H8F2O/c1-2-7-6(5-12)3-4-8(10)9(7)11/h3-5H,2H2,1H3. The molecule has 0 amide bonds. The molecule has 64 valence electrons. The quantitative estimate of drug-likeness (QED) is 0.622. The van der Waals surface area contributed by atoms with Crippen LogP contribution in [0.3, 0.4) is 0 Å². The molecule has 3 heteroatoms. The highest BCUT2D eigenvalue weighted by atomic mass is 19.2. The monoisotopic (exact) mass is 170 g/mol. The maximum Gasteiger partial charge on any atom is 0.162 e. The molecule has 0 atom stereocenters. The predicted octanol–water partition coefficient (Wildman–Crippen LogP) is 2.34. The number of rotatable bonds is 2. The zero-order valence-corrected chi connectivity index (χ0v) is 6.60. The molecule has 0 aliphatic rings. The van der Waals surface area contributed by atoms with Crippen LogP contribution in [-0.2, 0) is 6.42 Å². The fourth-order valence-electron chi connectivity index (χ4n) is 1.08. The zero-order valence-electron chi connectivity index (χ0n) is 6.60. The van der Waals surface area contributed by atoms with Crippen LogP contribution in [0.15, 0.2) is 12.1 Å². The van der Waals surface area contributed by atoms with E-state index in [1.807, 2.05) is 0 Å². The van der Waals surface area contributed by atoms with Gasteiger partial charge in [0.25, 0.3) is 0 Å². The Morgan fingerprint density at radius 2 is 2.08 bits per heavy atom. The maximum atomic E-state index is 12.9. The van der Waals surface area contributed by atoms with Gasteiger partial charge in [0.1, 0.15) is 6.29 Å². The van der Waals surface area contributed by atoms with Gasteiger partial charge in [-0.3, -0.25) is 4.79 Å². The van der Waals surface area contributed by atoms with Gasteiger partial charge in [-0.2, -0.15) is 0 Å². The van der Waals surface area contributed by atoms with Crippen LogP contribution < -0.4 is 0 Å². The van der Waals surface area contributed by atoms with Gasteiger partial charge in [-0.05, 0) is 18.6 Å². The molecule has 0 radical (unpaired) electrons. The minimum absolute atomic E-state index is 0.144. The van der Waals surface area contributed by atoms with Gasteiger partial charge in [0.15, 0.2) is 11.6 Å². The second kappa shape index (κ2) is 3.43. The topological polar surface area (TPSA) is 17.1 Å². The number of carbonyl (C=O) groups is 1. The molecule has 0 saturated heterocycles. The van der Waals surface area contributed by atoms with Crippen LogP contribution in [0.4, 0.5) is 8.78 Å².